The molecule has 1 saturated heterocycles. The van der Waals surface area contributed by atoms with Crippen LogP contribution >= 0.6 is 11.8 Å². The highest BCUT2D eigenvalue weighted by atomic mass is 32.2. The van der Waals surface area contributed by atoms with E-state index in [4.69, 9.17) is 9.47 Å². The largest absolute Gasteiger partial charge is 0.394 e. The van der Waals surface area contributed by atoms with Gasteiger partial charge in [0.05, 0.1) is 19.3 Å². The van der Waals surface area contributed by atoms with E-state index in [1.165, 1.54) is 4.90 Å². The Morgan fingerprint density at radius 1 is 1.00 bits per heavy atom. The summed E-state index contributed by atoms with van der Waals surface area (Å²) in [4.78, 5) is 1.19. The second-order valence-corrected chi connectivity index (χ2v) is 6.86. The normalized spacial score (nSPS) is 24.5. The molecule has 0 aromatic heterocycles. The molecule has 1 unspecified atom stereocenters. The summed E-state index contributed by atoms with van der Waals surface area (Å²) < 4.78 is 12.0. The molecule has 0 amide bonds. The molecule has 1 heterocycles. The molecule has 0 spiro atoms. The summed E-state index contributed by atoms with van der Waals surface area (Å²) in [6, 6.07) is 20.3. The predicted molar refractivity (Wildman–Crippen MR) is 92.3 cm³/mol. The number of aliphatic hydroxyl groups is 1. The summed E-state index contributed by atoms with van der Waals surface area (Å²) in [5.74, 6) is 0. The monoisotopic (exact) mass is 330 g/mol. The van der Waals surface area contributed by atoms with Crippen LogP contribution in [0.15, 0.2) is 65.6 Å². The molecule has 1 fully saturated rings. The van der Waals surface area contributed by atoms with Crippen LogP contribution in [-0.2, 0) is 16.1 Å². The quantitative estimate of drug-likeness (QED) is 0.873. The van der Waals surface area contributed by atoms with Crippen molar-refractivity contribution >= 4 is 11.8 Å². The molecule has 1 aliphatic heterocycles. The molecule has 0 radical (unpaired) electrons. The van der Waals surface area contributed by atoms with Gasteiger partial charge in [0.25, 0.3) is 0 Å². The summed E-state index contributed by atoms with van der Waals surface area (Å²) in [5, 5.41) is 9.63. The molecule has 0 aliphatic carbocycles. The van der Waals surface area contributed by atoms with Crippen molar-refractivity contribution in [3.05, 3.63) is 66.2 Å². The van der Waals surface area contributed by atoms with Crippen molar-refractivity contribution in [2.75, 3.05) is 6.61 Å². The van der Waals surface area contributed by atoms with Crippen LogP contribution in [0.25, 0.3) is 0 Å². The molecule has 122 valence electrons. The number of benzene rings is 2. The van der Waals surface area contributed by atoms with E-state index in [1.54, 1.807) is 11.8 Å². The van der Waals surface area contributed by atoms with Crippen LogP contribution in [0.2, 0.25) is 0 Å². The molecule has 1 aliphatic rings. The van der Waals surface area contributed by atoms with Crippen LogP contribution in [0.1, 0.15) is 18.4 Å². The Morgan fingerprint density at radius 3 is 2.39 bits per heavy atom. The molecule has 3 rings (SSSR count). The van der Waals surface area contributed by atoms with E-state index in [0.717, 1.165) is 18.4 Å². The molecule has 3 atom stereocenters. The lowest BCUT2D eigenvalue weighted by Crippen LogP contribution is -2.41. The third-order valence-electron chi connectivity index (χ3n) is 3.93. The molecule has 0 bridgehead atoms. The Kier molecular flexibility index (Phi) is 6.11. The van der Waals surface area contributed by atoms with E-state index in [0.29, 0.717) is 6.61 Å². The van der Waals surface area contributed by atoms with Gasteiger partial charge in [0, 0.05) is 4.90 Å². The van der Waals surface area contributed by atoms with Gasteiger partial charge in [-0.25, -0.2) is 0 Å². The lowest BCUT2D eigenvalue weighted by molar-refractivity contribution is -0.135. The maximum Gasteiger partial charge on any atom is 0.108 e. The van der Waals surface area contributed by atoms with Gasteiger partial charge in [0.15, 0.2) is 0 Å². The first-order valence-corrected chi connectivity index (χ1v) is 8.86. The summed E-state index contributed by atoms with van der Waals surface area (Å²) in [5.41, 5.74) is 1.22. The van der Waals surface area contributed by atoms with E-state index in [-0.39, 0.29) is 24.3 Å². The van der Waals surface area contributed by atoms with Gasteiger partial charge in [-0.2, -0.15) is 0 Å². The minimum atomic E-state index is -0.256. The number of ether oxygens (including phenoxy) is 2. The Hall–Kier alpha value is -1.33. The van der Waals surface area contributed by atoms with E-state index in [1.807, 2.05) is 48.5 Å². The molecule has 4 heteroatoms. The zero-order valence-corrected chi connectivity index (χ0v) is 13.8. The first-order chi connectivity index (χ1) is 11.3. The lowest BCUT2D eigenvalue weighted by atomic mass is 10.1. The maximum atomic E-state index is 9.63. The Morgan fingerprint density at radius 2 is 1.70 bits per heavy atom. The second-order valence-electron chi connectivity index (χ2n) is 5.63. The average Bonchev–Trinajstić information content (AvgIpc) is 2.62. The molecule has 0 saturated carbocycles. The summed E-state index contributed by atoms with van der Waals surface area (Å²) in [6.07, 6.45) is 1.53. The Bertz CT molecular complexity index is 576. The van der Waals surface area contributed by atoms with Crippen LogP contribution in [0.3, 0.4) is 0 Å². The van der Waals surface area contributed by atoms with Gasteiger partial charge in [0.1, 0.15) is 11.5 Å². The fourth-order valence-corrected chi connectivity index (χ4v) is 3.77. The zero-order chi connectivity index (χ0) is 15.9. The smallest absolute Gasteiger partial charge is 0.108 e. The van der Waals surface area contributed by atoms with E-state index >= 15 is 0 Å². The van der Waals surface area contributed by atoms with Gasteiger partial charge in [-0.15, -0.1) is 0 Å². The minimum Gasteiger partial charge on any atom is -0.394 e. The van der Waals surface area contributed by atoms with Crippen molar-refractivity contribution in [1.82, 2.24) is 0 Å². The van der Waals surface area contributed by atoms with Crippen LogP contribution in [-0.4, -0.2) is 29.4 Å². The molecule has 1 N–H and O–H groups in total. The topological polar surface area (TPSA) is 38.7 Å². The van der Waals surface area contributed by atoms with Gasteiger partial charge in [-0.3, -0.25) is 0 Å². The van der Waals surface area contributed by atoms with Crippen molar-refractivity contribution in [1.29, 1.82) is 0 Å². The first-order valence-electron chi connectivity index (χ1n) is 7.98. The second kappa shape index (κ2) is 8.50. The maximum absolute atomic E-state index is 9.63. The standard InChI is InChI=1S/C19H22O3S/c20-13-18-17(21-14-15-7-3-1-4-8-15)11-12-19(22-18)23-16-9-5-2-6-10-16/h1-10,17-20H,11-14H2/t17-,18+,19?/m0/s1. The minimum absolute atomic E-state index is 0.00862. The molecular weight excluding hydrogens is 308 g/mol. The third-order valence-corrected chi connectivity index (χ3v) is 5.08. The molecule has 2 aromatic rings. The fourth-order valence-electron chi connectivity index (χ4n) is 2.70. The first kappa shape index (κ1) is 16.5. The summed E-state index contributed by atoms with van der Waals surface area (Å²) in [7, 11) is 0. The molecule has 23 heavy (non-hydrogen) atoms. The van der Waals surface area contributed by atoms with Crippen LogP contribution in [0.5, 0.6) is 0 Å². The van der Waals surface area contributed by atoms with Gasteiger partial charge < -0.3 is 14.6 Å². The number of thioether (sulfide) groups is 1. The number of hydrogen-bond donors (Lipinski definition) is 1. The van der Waals surface area contributed by atoms with Crippen molar-refractivity contribution in [2.45, 2.75) is 42.0 Å². The SMILES string of the molecule is OC[C@H]1OC(Sc2ccccc2)CC[C@@H]1OCc1ccccc1. The number of aliphatic hydroxyl groups excluding tert-OH is 1. The van der Waals surface area contributed by atoms with Crippen molar-refractivity contribution in [3.8, 4) is 0 Å². The number of hydrogen-bond acceptors (Lipinski definition) is 4. The van der Waals surface area contributed by atoms with Gasteiger partial charge in [-0.1, -0.05) is 60.3 Å². The highest BCUT2D eigenvalue weighted by Crippen LogP contribution is 2.33. The fraction of sp³-hybridized carbons (Fsp3) is 0.368. The van der Waals surface area contributed by atoms with Crippen molar-refractivity contribution in [2.24, 2.45) is 0 Å². The van der Waals surface area contributed by atoms with Gasteiger partial charge in [0.2, 0.25) is 0 Å². The predicted octanol–water partition coefficient (Wildman–Crippen LogP) is 3.86. The van der Waals surface area contributed by atoms with E-state index < -0.39 is 0 Å². The number of rotatable bonds is 6. The Balaban J connectivity index is 1.52. The van der Waals surface area contributed by atoms with Crippen molar-refractivity contribution in [3.63, 3.8) is 0 Å². The van der Waals surface area contributed by atoms with Gasteiger partial charge in [-0.05, 0) is 30.5 Å². The van der Waals surface area contributed by atoms with Crippen molar-refractivity contribution < 1.29 is 14.6 Å². The highest BCUT2D eigenvalue weighted by molar-refractivity contribution is 7.99. The third kappa shape index (κ3) is 4.82. The van der Waals surface area contributed by atoms with Crippen LogP contribution in [0, 0.1) is 0 Å². The van der Waals surface area contributed by atoms with Crippen LogP contribution in [0.4, 0.5) is 0 Å². The summed E-state index contributed by atoms with van der Waals surface area (Å²) >= 11 is 1.71. The van der Waals surface area contributed by atoms with Gasteiger partial charge >= 0.3 is 0 Å². The van der Waals surface area contributed by atoms with E-state index in [9.17, 15) is 5.11 Å². The summed E-state index contributed by atoms with van der Waals surface area (Å²) in [6.45, 7) is 0.549. The Labute approximate surface area is 141 Å². The lowest BCUT2D eigenvalue weighted by Gasteiger charge is -2.35. The van der Waals surface area contributed by atoms with E-state index in [2.05, 4.69) is 12.1 Å². The highest BCUT2D eigenvalue weighted by Gasteiger charge is 2.32. The average molecular weight is 330 g/mol. The van der Waals surface area contributed by atoms with Crippen LogP contribution < -0.4 is 0 Å². The molecular formula is C19H22O3S. The molecule has 2 aromatic carbocycles. The molecule has 3 nitrogen and oxygen atoms in total. The zero-order valence-electron chi connectivity index (χ0n) is 13.0.